The zero-order valence-corrected chi connectivity index (χ0v) is 16.9. The largest absolute Gasteiger partial charge is 0.0900 e. The molecule has 0 saturated heterocycles. The summed E-state index contributed by atoms with van der Waals surface area (Å²) in [5, 5.41) is 1.62. The Bertz CT molecular complexity index is 455. The summed E-state index contributed by atoms with van der Waals surface area (Å²) < 4.78 is 0. The molecule has 1 aromatic carbocycles. The standard InChI is InChI=1S/C20H35P/c1-11-21-17-15(19(5,6)7)12-14(18(2,3)4)13-16(17)20(8,9)10/h12-13,21H,11H2,1-10H3. The molecule has 0 fully saturated rings. The lowest BCUT2D eigenvalue weighted by Gasteiger charge is -2.33. The molecule has 0 aliphatic carbocycles. The Labute approximate surface area is 134 Å². The molecule has 0 aromatic heterocycles. The Balaban J connectivity index is 3.75. The topological polar surface area (TPSA) is 0 Å². The van der Waals surface area contributed by atoms with Gasteiger partial charge < -0.3 is 0 Å². The molecule has 1 unspecified atom stereocenters. The fourth-order valence-electron chi connectivity index (χ4n) is 2.63. The molecule has 0 N–H and O–H groups in total. The molecule has 1 atom stereocenters. The van der Waals surface area contributed by atoms with Gasteiger partial charge in [0.1, 0.15) is 0 Å². The summed E-state index contributed by atoms with van der Waals surface area (Å²) in [6, 6.07) is 4.96. The molecule has 0 heterocycles. The van der Waals surface area contributed by atoms with E-state index in [0.29, 0.717) is 0 Å². The molecule has 0 bridgehead atoms. The van der Waals surface area contributed by atoms with Gasteiger partial charge in [-0.05, 0) is 44.4 Å². The van der Waals surface area contributed by atoms with E-state index >= 15 is 0 Å². The second kappa shape index (κ2) is 6.04. The highest BCUT2D eigenvalue weighted by molar-refractivity contribution is 7.47. The van der Waals surface area contributed by atoms with Crippen molar-refractivity contribution in [2.45, 2.75) is 85.5 Å². The van der Waals surface area contributed by atoms with Gasteiger partial charge in [-0.25, -0.2) is 0 Å². The third-order valence-electron chi connectivity index (χ3n) is 3.97. The highest BCUT2D eigenvalue weighted by Gasteiger charge is 2.28. The molecule has 0 spiro atoms. The minimum atomic E-state index is 0.202. The zero-order chi connectivity index (χ0) is 16.6. The first-order valence-corrected chi connectivity index (χ1v) is 9.42. The Kier molecular flexibility index (Phi) is 5.37. The first kappa shape index (κ1) is 18.7. The molecule has 0 saturated carbocycles. The molecular weight excluding hydrogens is 271 g/mol. The van der Waals surface area contributed by atoms with Crippen LogP contribution in [0.25, 0.3) is 0 Å². The van der Waals surface area contributed by atoms with E-state index in [1.54, 1.807) is 16.4 Å². The van der Waals surface area contributed by atoms with Gasteiger partial charge in [0.25, 0.3) is 0 Å². The van der Waals surface area contributed by atoms with E-state index < -0.39 is 0 Å². The van der Waals surface area contributed by atoms with Crippen molar-refractivity contribution in [3.05, 3.63) is 28.8 Å². The summed E-state index contributed by atoms with van der Waals surface area (Å²) in [6.45, 7) is 23.4. The number of hydrogen-bond donors (Lipinski definition) is 0. The summed E-state index contributed by atoms with van der Waals surface area (Å²) in [6.07, 6.45) is 1.24. The van der Waals surface area contributed by atoms with Crippen LogP contribution in [0.5, 0.6) is 0 Å². The van der Waals surface area contributed by atoms with E-state index in [0.717, 1.165) is 8.58 Å². The molecule has 1 heteroatoms. The maximum atomic E-state index is 2.48. The summed E-state index contributed by atoms with van der Waals surface area (Å²) in [4.78, 5) is 0. The van der Waals surface area contributed by atoms with E-state index in [-0.39, 0.29) is 16.2 Å². The number of benzene rings is 1. The van der Waals surface area contributed by atoms with Crippen LogP contribution in [0.4, 0.5) is 0 Å². The van der Waals surface area contributed by atoms with Gasteiger partial charge in [-0.15, -0.1) is 0 Å². The van der Waals surface area contributed by atoms with Gasteiger partial charge in [0, 0.05) is 0 Å². The predicted octanol–water partition coefficient (Wildman–Crippen LogP) is 5.90. The zero-order valence-electron chi connectivity index (χ0n) is 15.9. The van der Waals surface area contributed by atoms with E-state index in [1.165, 1.54) is 11.7 Å². The average Bonchev–Trinajstić information content (AvgIpc) is 2.24. The molecule has 1 aromatic rings. The fraction of sp³-hybridized carbons (Fsp3) is 0.700. The Morgan fingerprint density at radius 2 is 1.10 bits per heavy atom. The van der Waals surface area contributed by atoms with Gasteiger partial charge in [0.05, 0.1) is 0 Å². The van der Waals surface area contributed by atoms with E-state index in [9.17, 15) is 0 Å². The highest BCUT2D eigenvalue weighted by atomic mass is 31.1. The van der Waals surface area contributed by atoms with Gasteiger partial charge in [-0.1, -0.05) is 90.0 Å². The molecule has 0 amide bonds. The molecule has 0 aliphatic rings. The summed E-state index contributed by atoms with van der Waals surface area (Å²) in [5.41, 5.74) is 5.20. The summed E-state index contributed by atoms with van der Waals surface area (Å²) in [5.74, 6) is 0. The Morgan fingerprint density at radius 3 is 1.33 bits per heavy atom. The molecule has 0 nitrogen and oxygen atoms in total. The smallest absolute Gasteiger partial charge is 0.0125 e. The van der Waals surface area contributed by atoms with Crippen molar-refractivity contribution in [1.29, 1.82) is 0 Å². The quantitative estimate of drug-likeness (QED) is 0.596. The third kappa shape index (κ3) is 4.56. The van der Waals surface area contributed by atoms with Crippen molar-refractivity contribution in [2.24, 2.45) is 0 Å². The highest BCUT2D eigenvalue weighted by Crippen LogP contribution is 2.36. The SMILES string of the molecule is CCPc1c(C(C)(C)C)cc(C(C)(C)C)cc1C(C)(C)C. The lowest BCUT2D eigenvalue weighted by atomic mass is 9.75. The molecular formula is C20H35P. The fourth-order valence-corrected chi connectivity index (χ4v) is 4.25. The van der Waals surface area contributed by atoms with Crippen molar-refractivity contribution in [3.63, 3.8) is 0 Å². The van der Waals surface area contributed by atoms with Crippen LogP contribution in [0, 0.1) is 0 Å². The summed E-state index contributed by atoms with van der Waals surface area (Å²) in [7, 11) is 0.912. The lowest BCUT2D eigenvalue weighted by molar-refractivity contribution is 0.554. The van der Waals surface area contributed by atoms with Crippen LogP contribution in [0.3, 0.4) is 0 Å². The minimum Gasteiger partial charge on any atom is -0.0900 e. The van der Waals surface area contributed by atoms with Gasteiger partial charge in [0.15, 0.2) is 0 Å². The molecule has 21 heavy (non-hydrogen) atoms. The lowest BCUT2D eigenvalue weighted by Crippen LogP contribution is -2.30. The maximum absolute atomic E-state index is 2.48. The second-order valence-electron chi connectivity index (χ2n) is 9.23. The first-order valence-electron chi connectivity index (χ1n) is 8.22. The molecule has 0 aliphatic heterocycles. The van der Waals surface area contributed by atoms with E-state index in [1.807, 2.05) is 0 Å². The van der Waals surface area contributed by atoms with Crippen LogP contribution in [0.1, 0.15) is 85.9 Å². The van der Waals surface area contributed by atoms with Crippen LogP contribution >= 0.6 is 8.58 Å². The van der Waals surface area contributed by atoms with Gasteiger partial charge in [0.2, 0.25) is 0 Å². The molecule has 1 rings (SSSR count). The Hall–Kier alpha value is -0.350. The van der Waals surface area contributed by atoms with Crippen molar-refractivity contribution >= 4 is 13.9 Å². The molecule has 0 radical (unpaired) electrons. The maximum Gasteiger partial charge on any atom is -0.0125 e. The van der Waals surface area contributed by atoms with Gasteiger partial charge >= 0.3 is 0 Å². The Morgan fingerprint density at radius 1 is 0.714 bits per heavy atom. The van der Waals surface area contributed by atoms with Crippen LogP contribution in [0.2, 0.25) is 0 Å². The monoisotopic (exact) mass is 306 g/mol. The van der Waals surface area contributed by atoms with Crippen molar-refractivity contribution < 1.29 is 0 Å². The van der Waals surface area contributed by atoms with Gasteiger partial charge in [-0.2, -0.15) is 0 Å². The average molecular weight is 306 g/mol. The van der Waals surface area contributed by atoms with Crippen LogP contribution in [-0.2, 0) is 16.2 Å². The van der Waals surface area contributed by atoms with E-state index in [2.05, 4.69) is 81.4 Å². The minimum absolute atomic E-state index is 0.202. The van der Waals surface area contributed by atoms with Crippen LogP contribution in [-0.4, -0.2) is 6.16 Å². The van der Waals surface area contributed by atoms with Crippen LogP contribution < -0.4 is 5.30 Å². The molecule has 120 valence electrons. The number of rotatable bonds is 2. The predicted molar refractivity (Wildman–Crippen MR) is 101 cm³/mol. The van der Waals surface area contributed by atoms with Crippen molar-refractivity contribution in [2.75, 3.05) is 6.16 Å². The van der Waals surface area contributed by atoms with Crippen molar-refractivity contribution in [1.82, 2.24) is 0 Å². The van der Waals surface area contributed by atoms with Crippen molar-refractivity contribution in [3.8, 4) is 0 Å². The number of hydrogen-bond acceptors (Lipinski definition) is 0. The summed E-state index contributed by atoms with van der Waals surface area (Å²) >= 11 is 0. The second-order valence-corrected chi connectivity index (χ2v) is 10.8. The van der Waals surface area contributed by atoms with E-state index in [4.69, 9.17) is 0 Å². The normalized spacial score (nSPS) is 14.2. The first-order chi connectivity index (χ1) is 9.28. The van der Waals surface area contributed by atoms with Crippen LogP contribution in [0.15, 0.2) is 12.1 Å². The third-order valence-corrected chi connectivity index (χ3v) is 5.22. The van der Waals surface area contributed by atoms with Gasteiger partial charge in [-0.3, -0.25) is 0 Å².